The third-order valence-electron chi connectivity index (χ3n) is 3.75. The minimum absolute atomic E-state index is 0.0437. The zero-order valence-corrected chi connectivity index (χ0v) is 12.1. The van der Waals surface area contributed by atoms with Gasteiger partial charge in [-0.2, -0.15) is 9.97 Å². The average molecular weight is 306 g/mol. The van der Waals surface area contributed by atoms with Gasteiger partial charge < -0.3 is 21.5 Å². The summed E-state index contributed by atoms with van der Waals surface area (Å²) in [5.74, 6) is 0.542. The quantitative estimate of drug-likeness (QED) is 0.725. The highest BCUT2D eigenvalue weighted by Gasteiger charge is 2.29. The fourth-order valence-electron chi connectivity index (χ4n) is 2.77. The SMILES string of the molecule is Nc1nc(Cl)c(N)c(N2CCc3ccccc3C2CO)n1. The van der Waals surface area contributed by atoms with Gasteiger partial charge in [-0.15, -0.1) is 0 Å². The second kappa shape index (κ2) is 5.38. The van der Waals surface area contributed by atoms with Gasteiger partial charge in [-0.25, -0.2) is 0 Å². The molecule has 2 heterocycles. The van der Waals surface area contributed by atoms with Crippen molar-refractivity contribution < 1.29 is 5.11 Å². The first kappa shape index (κ1) is 13.9. The molecule has 1 aromatic carbocycles. The fourth-order valence-corrected chi connectivity index (χ4v) is 2.94. The molecule has 5 N–H and O–H groups in total. The normalized spacial score (nSPS) is 17.6. The Balaban J connectivity index is 2.08. The zero-order chi connectivity index (χ0) is 15.0. The monoisotopic (exact) mass is 305 g/mol. The van der Waals surface area contributed by atoms with Crippen molar-refractivity contribution in [2.45, 2.75) is 12.5 Å². The number of aliphatic hydroxyl groups is 1. The smallest absolute Gasteiger partial charge is 0.223 e. The number of rotatable bonds is 2. The van der Waals surface area contributed by atoms with Crippen molar-refractivity contribution >= 4 is 29.1 Å². The number of nitrogens with zero attached hydrogens (tertiary/aromatic N) is 3. The van der Waals surface area contributed by atoms with Gasteiger partial charge in [-0.1, -0.05) is 35.9 Å². The lowest BCUT2D eigenvalue weighted by molar-refractivity contribution is 0.256. The predicted molar refractivity (Wildman–Crippen MR) is 83.2 cm³/mol. The molecule has 0 saturated heterocycles. The van der Waals surface area contributed by atoms with E-state index in [0.29, 0.717) is 12.4 Å². The molecule has 1 unspecified atom stereocenters. The molecule has 1 aliphatic rings. The van der Waals surface area contributed by atoms with Crippen LogP contribution >= 0.6 is 11.6 Å². The summed E-state index contributed by atoms with van der Waals surface area (Å²) in [6.07, 6.45) is 0.841. The highest BCUT2D eigenvalue weighted by molar-refractivity contribution is 6.32. The van der Waals surface area contributed by atoms with Crippen molar-refractivity contribution in [1.82, 2.24) is 9.97 Å². The van der Waals surface area contributed by atoms with Gasteiger partial charge in [0.15, 0.2) is 11.0 Å². The Kier molecular flexibility index (Phi) is 3.57. The molecule has 0 fully saturated rings. The van der Waals surface area contributed by atoms with Crippen LogP contribution in [-0.2, 0) is 6.42 Å². The Labute approximate surface area is 127 Å². The highest BCUT2D eigenvalue weighted by atomic mass is 35.5. The van der Waals surface area contributed by atoms with Crippen LogP contribution in [0.25, 0.3) is 0 Å². The molecule has 21 heavy (non-hydrogen) atoms. The average Bonchev–Trinajstić information content (AvgIpc) is 2.49. The third kappa shape index (κ3) is 2.36. The maximum absolute atomic E-state index is 9.81. The molecule has 7 heteroatoms. The molecule has 1 aromatic heterocycles. The van der Waals surface area contributed by atoms with Gasteiger partial charge in [0, 0.05) is 6.54 Å². The van der Waals surface area contributed by atoms with Crippen LogP contribution in [0.3, 0.4) is 0 Å². The van der Waals surface area contributed by atoms with Gasteiger partial charge in [0.05, 0.1) is 12.6 Å². The summed E-state index contributed by atoms with van der Waals surface area (Å²) in [5.41, 5.74) is 14.2. The molecular weight excluding hydrogens is 290 g/mol. The lowest BCUT2D eigenvalue weighted by Gasteiger charge is -2.37. The molecule has 0 amide bonds. The van der Waals surface area contributed by atoms with Crippen molar-refractivity contribution in [3.63, 3.8) is 0 Å². The number of benzene rings is 1. The van der Waals surface area contributed by atoms with Crippen LogP contribution < -0.4 is 16.4 Å². The Morgan fingerprint density at radius 1 is 1.29 bits per heavy atom. The second-order valence-corrected chi connectivity index (χ2v) is 5.31. The van der Waals surface area contributed by atoms with Gasteiger partial charge in [-0.05, 0) is 17.5 Å². The highest BCUT2D eigenvalue weighted by Crippen LogP contribution is 2.37. The molecule has 0 spiro atoms. The van der Waals surface area contributed by atoms with Crippen LogP contribution in [0.15, 0.2) is 24.3 Å². The first-order valence-corrected chi connectivity index (χ1v) is 7.03. The Morgan fingerprint density at radius 3 is 2.81 bits per heavy atom. The van der Waals surface area contributed by atoms with Crippen LogP contribution in [0.5, 0.6) is 0 Å². The molecule has 6 nitrogen and oxygen atoms in total. The van der Waals surface area contributed by atoms with Crippen molar-refractivity contribution in [3.05, 3.63) is 40.5 Å². The molecule has 0 radical (unpaired) electrons. The van der Waals surface area contributed by atoms with Crippen molar-refractivity contribution in [3.8, 4) is 0 Å². The van der Waals surface area contributed by atoms with Crippen LogP contribution in [0.4, 0.5) is 17.5 Å². The summed E-state index contributed by atoms with van der Waals surface area (Å²) in [4.78, 5) is 9.97. The van der Waals surface area contributed by atoms with Crippen molar-refractivity contribution in [2.75, 3.05) is 29.5 Å². The number of nitrogen functional groups attached to an aromatic ring is 2. The third-order valence-corrected chi connectivity index (χ3v) is 4.04. The predicted octanol–water partition coefficient (Wildman–Crippen LogP) is 1.39. The summed E-state index contributed by atoms with van der Waals surface area (Å²) in [6, 6.07) is 7.81. The van der Waals surface area contributed by atoms with Crippen LogP contribution in [0.1, 0.15) is 17.2 Å². The van der Waals surface area contributed by atoms with Crippen LogP contribution in [0, 0.1) is 0 Å². The maximum Gasteiger partial charge on any atom is 0.223 e. The summed E-state index contributed by atoms with van der Waals surface area (Å²) in [5, 5.41) is 9.94. The molecule has 2 aromatic rings. The number of aliphatic hydroxyl groups excluding tert-OH is 1. The largest absolute Gasteiger partial charge is 0.394 e. The number of nitrogens with two attached hydrogens (primary N) is 2. The number of hydrogen-bond donors (Lipinski definition) is 3. The van der Waals surface area contributed by atoms with E-state index in [-0.39, 0.29) is 29.4 Å². The van der Waals surface area contributed by atoms with Gasteiger partial charge in [0.1, 0.15) is 5.69 Å². The van der Waals surface area contributed by atoms with Gasteiger partial charge >= 0.3 is 0 Å². The van der Waals surface area contributed by atoms with E-state index in [1.54, 1.807) is 0 Å². The van der Waals surface area contributed by atoms with Crippen molar-refractivity contribution in [2.24, 2.45) is 0 Å². The molecule has 1 atom stereocenters. The molecule has 0 saturated carbocycles. The molecule has 0 aliphatic carbocycles. The Hall–Kier alpha value is -2.05. The topological polar surface area (TPSA) is 101 Å². The van der Waals surface area contributed by atoms with Crippen LogP contribution in [-0.4, -0.2) is 28.2 Å². The van der Waals surface area contributed by atoms with Gasteiger partial charge in [-0.3, -0.25) is 0 Å². The van der Waals surface area contributed by atoms with E-state index in [9.17, 15) is 5.11 Å². The second-order valence-electron chi connectivity index (χ2n) is 4.95. The van der Waals surface area contributed by atoms with E-state index in [1.165, 1.54) is 5.56 Å². The number of aromatic nitrogens is 2. The Bertz CT molecular complexity index is 678. The number of hydrogen-bond acceptors (Lipinski definition) is 6. The molecule has 1 aliphatic heterocycles. The van der Waals surface area contributed by atoms with Gasteiger partial charge in [0.25, 0.3) is 0 Å². The summed E-state index contributed by atoms with van der Waals surface area (Å²) >= 11 is 5.98. The van der Waals surface area contributed by atoms with E-state index in [4.69, 9.17) is 23.1 Å². The zero-order valence-electron chi connectivity index (χ0n) is 11.3. The first-order chi connectivity index (χ1) is 10.1. The number of anilines is 3. The Morgan fingerprint density at radius 2 is 2.05 bits per heavy atom. The molecule has 0 bridgehead atoms. The number of fused-ring (bicyclic) bond motifs is 1. The van der Waals surface area contributed by atoms with Crippen LogP contribution in [0.2, 0.25) is 5.15 Å². The van der Waals surface area contributed by atoms with E-state index in [0.717, 1.165) is 12.0 Å². The number of halogens is 1. The molecule has 3 rings (SSSR count). The first-order valence-electron chi connectivity index (χ1n) is 6.65. The summed E-state index contributed by atoms with van der Waals surface area (Å²) in [6.45, 7) is 0.636. The lowest BCUT2D eigenvalue weighted by atomic mass is 9.93. The van der Waals surface area contributed by atoms with E-state index in [1.807, 2.05) is 23.1 Å². The fraction of sp³-hybridized carbons (Fsp3) is 0.286. The van der Waals surface area contributed by atoms with E-state index in [2.05, 4.69) is 16.0 Å². The van der Waals surface area contributed by atoms with E-state index >= 15 is 0 Å². The van der Waals surface area contributed by atoms with E-state index < -0.39 is 0 Å². The standard InChI is InChI=1S/C14H16ClN5O/c15-12-11(16)13(19-14(17)18-12)20-6-5-8-3-1-2-4-9(8)10(20)7-21/h1-4,10,21H,5-7,16H2,(H2,17,18,19). The molecule has 110 valence electrons. The summed E-state index contributed by atoms with van der Waals surface area (Å²) < 4.78 is 0. The van der Waals surface area contributed by atoms with Crippen molar-refractivity contribution in [1.29, 1.82) is 0 Å². The van der Waals surface area contributed by atoms with Gasteiger partial charge in [0.2, 0.25) is 5.95 Å². The minimum Gasteiger partial charge on any atom is -0.394 e. The minimum atomic E-state index is -0.220. The lowest BCUT2D eigenvalue weighted by Crippen LogP contribution is -2.38. The molecular formula is C14H16ClN5O. The maximum atomic E-state index is 9.81. The summed E-state index contributed by atoms with van der Waals surface area (Å²) in [7, 11) is 0.